The average Bonchev–Trinajstić information content (AvgIpc) is 2.74. The predicted octanol–water partition coefficient (Wildman–Crippen LogP) is 5.91. The molecule has 0 radical (unpaired) electrons. The van der Waals surface area contributed by atoms with Crippen molar-refractivity contribution in [2.24, 2.45) is 17.0 Å². The normalized spacial score (nSPS) is 25.9. The van der Waals surface area contributed by atoms with E-state index >= 15 is 0 Å². The summed E-state index contributed by atoms with van der Waals surface area (Å²) in [5, 5.41) is 7.38. The summed E-state index contributed by atoms with van der Waals surface area (Å²) in [4.78, 5) is 4.88. The molecule has 1 aromatic rings. The summed E-state index contributed by atoms with van der Waals surface area (Å²) < 4.78 is 85.0. The Bertz CT molecular complexity index is 875. The Morgan fingerprint density at radius 2 is 1.67 bits per heavy atom. The first-order valence-corrected chi connectivity index (χ1v) is 10.6. The lowest BCUT2D eigenvalue weighted by Gasteiger charge is -2.35. The highest BCUT2D eigenvalue weighted by molar-refractivity contribution is 5.86. The third-order valence-corrected chi connectivity index (χ3v) is 5.92. The first-order valence-electron chi connectivity index (χ1n) is 10.6. The van der Waals surface area contributed by atoms with Gasteiger partial charge in [0.1, 0.15) is 7.11 Å². The zero-order valence-corrected chi connectivity index (χ0v) is 18.2. The standard InChI is InChI=1S/C23H26F6N2O2/c1-14(16-9-17(22(24,25)26)11-18(10-16)23(27,28)29)33-13-21-20-6-4-3-5-15(20)7-8-19(12-30-21)31-32-2/h3-6,9-11,14-15,20-21,30H,7-8,12-13H2,1-2H3/b31-19-/t14-,15?,20?,21-/m1/s1. The summed E-state index contributed by atoms with van der Waals surface area (Å²) in [6, 6.07) is 1.32. The van der Waals surface area contributed by atoms with Gasteiger partial charge in [0.15, 0.2) is 0 Å². The van der Waals surface area contributed by atoms with Gasteiger partial charge in [0, 0.05) is 18.5 Å². The number of alkyl halides is 6. The highest BCUT2D eigenvalue weighted by Gasteiger charge is 2.37. The molecule has 4 atom stereocenters. The van der Waals surface area contributed by atoms with E-state index in [9.17, 15) is 26.3 Å². The highest BCUT2D eigenvalue weighted by atomic mass is 19.4. The number of nitrogens with zero attached hydrogens (tertiary/aromatic N) is 1. The monoisotopic (exact) mass is 476 g/mol. The van der Waals surface area contributed by atoms with E-state index < -0.39 is 29.6 Å². The SMILES string of the molecule is CO/N=C1/CCC2C=CC=CC2[C@@H](CO[C@H](C)c2cc(C(F)(F)F)cc(C(F)(F)F)c2)NC1. The summed E-state index contributed by atoms with van der Waals surface area (Å²) in [7, 11) is 1.46. The fourth-order valence-corrected chi connectivity index (χ4v) is 4.13. The summed E-state index contributed by atoms with van der Waals surface area (Å²) in [6.45, 7) is 1.99. The summed E-state index contributed by atoms with van der Waals surface area (Å²) in [5.41, 5.74) is -2.06. The van der Waals surface area contributed by atoms with E-state index in [-0.39, 0.29) is 36.1 Å². The van der Waals surface area contributed by atoms with E-state index in [0.717, 1.165) is 18.6 Å². The number of allylic oxidation sites excluding steroid dienone is 3. The minimum Gasteiger partial charge on any atom is -0.399 e. The molecule has 0 aromatic heterocycles. The third-order valence-electron chi connectivity index (χ3n) is 5.92. The number of rotatable bonds is 5. The Balaban J connectivity index is 1.79. The van der Waals surface area contributed by atoms with Crippen molar-refractivity contribution in [3.63, 3.8) is 0 Å². The van der Waals surface area contributed by atoms with Crippen LogP contribution in [0.3, 0.4) is 0 Å². The Morgan fingerprint density at radius 3 is 2.27 bits per heavy atom. The third kappa shape index (κ3) is 6.60. The Labute approximate surface area is 188 Å². The van der Waals surface area contributed by atoms with Crippen molar-refractivity contribution in [1.29, 1.82) is 0 Å². The van der Waals surface area contributed by atoms with Gasteiger partial charge in [-0.15, -0.1) is 0 Å². The number of oxime groups is 1. The summed E-state index contributed by atoms with van der Waals surface area (Å²) in [5.74, 6) is 0.262. The summed E-state index contributed by atoms with van der Waals surface area (Å²) >= 11 is 0. The van der Waals surface area contributed by atoms with Crippen LogP contribution >= 0.6 is 0 Å². The van der Waals surface area contributed by atoms with Crippen molar-refractivity contribution >= 4 is 5.71 Å². The van der Waals surface area contributed by atoms with E-state index in [0.29, 0.717) is 18.7 Å². The zero-order chi connectivity index (χ0) is 24.2. The minimum atomic E-state index is -4.90. The van der Waals surface area contributed by atoms with E-state index in [1.165, 1.54) is 14.0 Å². The molecule has 1 heterocycles. The molecule has 0 spiro atoms. The van der Waals surface area contributed by atoms with Gasteiger partial charge in [0.05, 0.1) is 29.5 Å². The Hall–Kier alpha value is -2.33. The van der Waals surface area contributed by atoms with Gasteiger partial charge in [-0.3, -0.25) is 0 Å². The molecule has 1 saturated heterocycles. The largest absolute Gasteiger partial charge is 0.416 e. The molecule has 33 heavy (non-hydrogen) atoms. The topological polar surface area (TPSA) is 42.9 Å². The number of fused-ring (bicyclic) bond motifs is 1. The first kappa shape index (κ1) is 25.3. The van der Waals surface area contributed by atoms with E-state index in [2.05, 4.69) is 16.5 Å². The van der Waals surface area contributed by atoms with Crippen molar-refractivity contribution < 1.29 is 35.9 Å². The zero-order valence-electron chi connectivity index (χ0n) is 18.2. The van der Waals surface area contributed by atoms with Gasteiger partial charge in [-0.2, -0.15) is 26.3 Å². The van der Waals surface area contributed by atoms with Crippen LogP contribution in [-0.2, 0) is 21.9 Å². The molecular formula is C23H26F6N2O2. The predicted molar refractivity (Wildman–Crippen MR) is 112 cm³/mol. The molecule has 1 aliphatic heterocycles. The molecule has 1 N–H and O–H groups in total. The molecule has 2 unspecified atom stereocenters. The van der Waals surface area contributed by atoms with E-state index in [1.807, 2.05) is 18.2 Å². The van der Waals surface area contributed by atoms with Crippen LogP contribution in [0.5, 0.6) is 0 Å². The van der Waals surface area contributed by atoms with Crippen LogP contribution in [0, 0.1) is 11.8 Å². The number of benzene rings is 1. The van der Waals surface area contributed by atoms with Crippen molar-refractivity contribution in [3.8, 4) is 0 Å². The number of hydrogen-bond donors (Lipinski definition) is 1. The maximum atomic E-state index is 13.2. The quantitative estimate of drug-likeness (QED) is 0.424. The summed E-state index contributed by atoms with van der Waals surface area (Å²) in [6.07, 6.45) is -1.19. The van der Waals surface area contributed by atoms with Gasteiger partial charge in [-0.05, 0) is 49.4 Å². The molecule has 1 fully saturated rings. The maximum Gasteiger partial charge on any atom is 0.416 e. The molecule has 1 aliphatic carbocycles. The molecule has 0 bridgehead atoms. The Morgan fingerprint density at radius 1 is 1.03 bits per heavy atom. The van der Waals surface area contributed by atoms with Crippen LogP contribution in [0.15, 0.2) is 47.7 Å². The molecule has 3 rings (SSSR count). The van der Waals surface area contributed by atoms with Crippen LogP contribution in [0.4, 0.5) is 26.3 Å². The highest BCUT2D eigenvalue weighted by Crippen LogP contribution is 2.38. The van der Waals surface area contributed by atoms with E-state index in [4.69, 9.17) is 9.57 Å². The minimum absolute atomic E-state index is 0.0681. The number of hydrogen-bond acceptors (Lipinski definition) is 4. The lowest BCUT2D eigenvalue weighted by molar-refractivity contribution is -0.143. The van der Waals surface area contributed by atoms with Gasteiger partial charge >= 0.3 is 12.4 Å². The van der Waals surface area contributed by atoms with Gasteiger partial charge in [-0.25, -0.2) is 0 Å². The fourth-order valence-electron chi connectivity index (χ4n) is 4.13. The molecule has 0 amide bonds. The molecular weight excluding hydrogens is 450 g/mol. The molecule has 182 valence electrons. The van der Waals surface area contributed by atoms with Crippen molar-refractivity contribution in [2.45, 2.75) is 44.3 Å². The molecule has 0 saturated carbocycles. The second-order valence-electron chi connectivity index (χ2n) is 8.19. The van der Waals surface area contributed by atoms with Crippen molar-refractivity contribution in [2.75, 3.05) is 20.3 Å². The molecule has 4 nitrogen and oxygen atoms in total. The van der Waals surface area contributed by atoms with Gasteiger partial charge in [-0.1, -0.05) is 29.5 Å². The van der Waals surface area contributed by atoms with Gasteiger partial charge in [0.25, 0.3) is 0 Å². The first-order chi connectivity index (χ1) is 15.5. The van der Waals surface area contributed by atoms with Gasteiger partial charge < -0.3 is 14.9 Å². The number of nitrogens with one attached hydrogen (secondary N) is 1. The van der Waals surface area contributed by atoms with E-state index in [1.54, 1.807) is 0 Å². The number of halogens is 6. The van der Waals surface area contributed by atoms with Crippen LogP contribution in [0.25, 0.3) is 0 Å². The van der Waals surface area contributed by atoms with Gasteiger partial charge in [0.2, 0.25) is 0 Å². The Kier molecular flexibility index (Phi) is 7.89. The molecule has 10 heteroatoms. The number of ether oxygens (including phenoxy) is 1. The molecule has 2 aliphatic rings. The van der Waals surface area contributed by atoms with Crippen LogP contribution in [-0.4, -0.2) is 32.0 Å². The average molecular weight is 476 g/mol. The lowest BCUT2D eigenvalue weighted by atomic mass is 9.79. The van der Waals surface area contributed by atoms with Crippen LogP contribution in [0.2, 0.25) is 0 Å². The van der Waals surface area contributed by atoms with Crippen molar-refractivity contribution in [3.05, 3.63) is 59.2 Å². The molecule has 1 aromatic carbocycles. The maximum absolute atomic E-state index is 13.2. The fraction of sp³-hybridized carbons (Fsp3) is 0.522. The van der Waals surface area contributed by atoms with Crippen LogP contribution in [0.1, 0.15) is 42.6 Å². The second-order valence-corrected chi connectivity index (χ2v) is 8.19. The van der Waals surface area contributed by atoms with Crippen LogP contribution < -0.4 is 5.32 Å². The second kappa shape index (κ2) is 10.3. The smallest absolute Gasteiger partial charge is 0.399 e. The lowest BCUT2D eigenvalue weighted by Crippen LogP contribution is -2.46. The van der Waals surface area contributed by atoms with Crippen molar-refractivity contribution in [1.82, 2.24) is 5.32 Å².